The van der Waals surface area contributed by atoms with Gasteiger partial charge in [0.25, 0.3) is 0 Å². The fourth-order valence-electron chi connectivity index (χ4n) is 1.39. The molecule has 1 aliphatic carbocycles. The third kappa shape index (κ3) is 3.04. The molecule has 0 unspecified atom stereocenters. The zero-order valence-electron chi connectivity index (χ0n) is 9.77. The molecule has 0 aliphatic heterocycles. The molecule has 0 aromatic carbocycles. The third-order valence-electron chi connectivity index (χ3n) is 2.65. The summed E-state index contributed by atoms with van der Waals surface area (Å²) in [5.74, 6) is 6.13. The molecule has 0 amide bonds. The number of nitrogens with zero attached hydrogens (tertiary/aromatic N) is 2. The van der Waals surface area contributed by atoms with Crippen molar-refractivity contribution in [1.29, 1.82) is 0 Å². The van der Waals surface area contributed by atoms with Gasteiger partial charge in [-0.25, -0.2) is 11.0 Å². The number of allylic oxidation sites excluding steroid dienone is 1. The minimum Gasteiger partial charge on any atom is -0.393 e. The molecule has 0 aromatic rings. The molecule has 1 saturated carbocycles. The lowest BCUT2D eigenvalue weighted by Crippen LogP contribution is -2.44. The summed E-state index contributed by atoms with van der Waals surface area (Å²) in [6.45, 7) is 9.71. The smallest absolute Gasteiger partial charge is 0.0664 e. The largest absolute Gasteiger partial charge is 0.393 e. The number of hydrogen-bond donors (Lipinski definition) is 2. The molecule has 0 spiro atoms. The molecule has 86 valence electrons. The van der Waals surface area contributed by atoms with Crippen LogP contribution in [0.3, 0.4) is 0 Å². The Hall–Kier alpha value is -0.870. The Kier molecular flexibility index (Phi) is 3.52. The number of rotatable bonds is 3. The molecule has 15 heavy (non-hydrogen) atoms. The van der Waals surface area contributed by atoms with Crippen molar-refractivity contribution in [2.75, 3.05) is 0 Å². The Morgan fingerprint density at radius 3 is 2.40 bits per heavy atom. The third-order valence-corrected chi connectivity index (χ3v) is 2.65. The first-order valence-corrected chi connectivity index (χ1v) is 5.28. The average Bonchev–Trinajstić information content (AvgIpc) is 2.07. The van der Waals surface area contributed by atoms with Crippen LogP contribution in [-0.4, -0.2) is 27.6 Å². The van der Waals surface area contributed by atoms with Crippen molar-refractivity contribution < 1.29 is 5.11 Å². The summed E-state index contributed by atoms with van der Waals surface area (Å²) in [6, 6.07) is 0. The van der Waals surface area contributed by atoms with Gasteiger partial charge in [0.05, 0.1) is 17.4 Å². The molecule has 1 rings (SSSR count). The van der Waals surface area contributed by atoms with Gasteiger partial charge in [-0.05, 0) is 39.7 Å². The van der Waals surface area contributed by atoms with Crippen molar-refractivity contribution in [1.82, 2.24) is 5.12 Å². The van der Waals surface area contributed by atoms with E-state index in [2.05, 4.69) is 11.7 Å². The number of hydrazone groups is 1. The second-order valence-corrected chi connectivity index (χ2v) is 5.07. The lowest BCUT2D eigenvalue weighted by Gasteiger charge is -2.34. The highest BCUT2D eigenvalue weighted by Crippen LogP contribution is 2.29. The molecule has 0 heterocycles. The molecule has 0 aromatic heterocycles. The Labute approximate surface area is 91.4 Å². The SMILES string of the molecule is C=C/C(=N\N(N)C(C)(C)C)C1CC(O)C1. The van der Waals surface area contributed by atoms with Crippen LogP contribution in [0, 0.1) is 5.92 Å². The standard InChI is InChI=1S/C11H21N3O/c1-5-10(8-6-9(15)7-8)13-14(12)11(2,3)4/h5,8-9,15H,1,6-7,12H2,2-4H3/b13-10+. The Morgan fingerprint density at radius 1 is 1.53 bits per heavy atom. The molecule has 0 atom stereocenters. The molecule has 4 nitrogen and oxygen atoms in total. The van der Waals surface area contributed by atoms with E-state index < -0.39 is 0 Å². The molecule has 0 bridgehead atoms. The van der Waals surface area contributed by atoms with E-state index in [4.69, 9.17) is 5.84 Å². The fraction of sp³-hybridized carbons (Fsp3) is 0.727. The van der Waals surface area contributed by atoms with E-state index in [9.17, 15) is 5.11 Å². The summed E-state index contributed by atoms with van der Waals surface area (Å²) in [4.78, 5) is 0. The van der Waals surface area contributed by atoms with Crippen LogP contribution in [-0.2, 0) is 0 Å². The number of aliphatic hydroxyl groups excluding tert-OH is 1. The summed E-state index contributed by atoms with van der Waals surface area (Å²) in [7, 11) is 0. The van der Waals surface area contributed by atoms with Crippen LogP contribution in [0.4, 0.5) is 0 Å². The molecule has 0 radical (unpaired) electrons. The summed E-state index contributed by atoms with van der Waals surface area (Å²) < 4.78 is 0. The van der Waals surface area contributed by atoms with E-state index in [1.807, 2.05) is 20.8 Å². The fourth-order valence-corrected chi connectivity index (χ4v) is 1.39. The van der Waals surface area contributed by atoms with Crippen molar-refractivity contribution in [3.05, 3.63) is 12.7 Å². The van der Waals surface area contributed by atoms with Crippen LogP contribution in [0.25, 0.3) is 0 Å². The van der Waals surface area contributed by atoms with Crippen molar-refractivity contribution in [3.8, 4) is 0 Å². The normalized spacial score (nSPS) is 27.1. The molecule has 3 N–H and O–H groups in total. The quantitative estimate of drug-likeness (QED) is 0.420. The van der Waals surface area contributed by atoms with Gasteiger partial charge in [0.1, 0.15) is 0 Å². The van der Waals surface area contributed by atoms with Gasteiger partial charge in [-0.15, -0.1) is 0 Å². The van der Waals surface area contributed by atoms with E-state index in [1.165, 1.54) is 5.12 Å². The number of hydrazine groups is 1. The molecule has 1 aliphatic rings. The Bertz CT molecular complexity index is 261. The summed E-state index contributed by atoms with van der Waals surface area (Å²) in [6.07, 6.45) is 3.08. The number of hydrogen-bond acceptors (Lipinski definition) is 4. The Morgan fingerprint density at radius 2 is 2.07 bits per heavy atom. The second-order valence-electron chi connectivity index (χ2n) is 5.07. The maximum atomic E-state index is 9.22. The van der Waals surface area contributed by atoms with Crippen molar-refractivity contribution in [2.24, 2.45) is 16.9 Å². The van der Waals surface area contributed by atoms with Gasteiger partial charge in [0.2, 0.25) is 0 Å². The summed E-state index contributed by atoms with van der Waals surface area (Å²) in [5, 5.41) is 15.0. The van der Waals surface area contributed by atoms with Gasteiger partial charge in [0.15, 0.2) is 0 Å². The first kappa shape index (κ1) is 12.2. The maximum Gasteiger partial charge on any atom is 0.0664 e. The van der Waals surface area contributed by atoms with Gasteiger partial charge < -0.3 is 5.11 Å². The molecular weight excluding hydrogens is 190 g/mol. The predicted octanol–water partition coefficient (Wildman–Crippen LogP) is 1.27. The summed E-state index contributed by atoms with van der Waals surface area (Å²) in [5.41, 5.74) is 0.675. The minimum absolute atomic E-state index is 0.180. The van der Waals surface area contributed by atoms with Crippen LogP contribution in [0.5, 0.6) is 0 Å². The highest BCUT2D eigenvalue weighted by molar-refractivity contribution is 5.96. The van der Waals surface area contributed by atoms with Gasteiger partial charge in [0, 0.05) is 5.92 Å². The Balaban J connectivity index is 2.66. The molecule has 1 fully saturated rings. The monoisotopic (exact) mass is 211 g/mol. The van der Waals surface area contributed by atoms with Gasteiger partial charge in [-0.1, -0.05) is 6.58 Å². The van der Waals surface area contributed by atoms with E-state index in [0.29, 0.717) is 5.92 Å². The zero-order chi connectivity index (χ0) is 11.6. The second kappa shape index (κ2) is 4.33. The maximum absolute atomic E-state index is 9.22. The molecule has 0 saturated heterocycles. The molecular formula is C11H21N3O. The predicted molar refractivity (Wildman–Crippen MR) is 62.1 cm³/mol. The van der Waals surface area contributed by atoms with E-state index in [-0.39, 0.29) is 11.6 Å². The highest BCUT2D eigenvalue weighted by atomic mass is 16.3. The summed E-state index contributed by atoms with van der Waals surface area (Å²) >= 11 is 0. The van der Waals surface area contributed by atoms with Crippen LogP contribution in [0.15, 0.2) is 17.8 Å². The van der Waals surface area contributed by atoms with E-state index in [0.717, 1.165) is 18.6 Å². The van der Waals surface area contributed by atoms with Crippen LogP contribution < -0.4 is 5.84 Å². The van der Waals surface area contributed by atoms with Crippen LogP contribution >= 0.6 is 0 Å². The van der Waals surface area contributed by atoms with Crippen molar-refractivity contribution in [3.63, 3.8) is 0 Å². The lowest BCUT2D eigenvalue weighted by atomic mass is 9.79. The van der Waals surface area contributed by atoms with Gasteiger partial charge >= 0.3 is 0 Å². The van der Waals surface area contributed by atoms with Gasteiger partial charge in [-0.3, -0.25) is 0 Å². The molecule has 4 heteroatoms. The first-order chi connectivity index (χ1) is 6.84. The van der Waals surface area contributed by atoms with E-state index in [1.54, 1.807) is 6.08 Å². The van der Waals surface area contributed by atoms with Gasteiger partial charge in [-0.2, -0.15) is 5.10 Å². The first-order valence-electron chi connectivity index (χ1n) is 5.28. The zero-order valence-corrected chi connectivity index (χ0v) is 9.77. The highest BCUT2D eigenvalue weighted by Gasteiger charge is 2.31. The number of aliphatic hydroxyl groups is 1. The van der Waals surface area contributed by atoms with Crippen molar-refractivity contribution in [2.45, 2.75) is 45.3 Å². The number of nitrogens with two attached hydrogens (primary N) is 1. The van der Waals surface area contributed by atoms with E-state index >= 15 is 0 Å². The van der Waals surface area contributed by atoms with Crippen LogP contribution in [0.1, 0.15) is 33.6 Å². The lowest BCUT2D eigenvalue weighted by molar-refractivity contribution is 0.0682. The van der Waals surface area contributed by atoms with Crippen LogP contribution in [0.2, 0.25) is 0 Å². The average molecular weight is 211 g/mol. The minimum atomic E-state index is -0.198. The topological polar surface area (TPSA) is 61.8 Å². The van der Waals surface area contributed by atoms with Crippen molar-refractivity contribution >= 4 is 5.71 Å².